The van der Waals surface area contributed by atoms with Gasteiger partial charge in [-0.2, -0.15) is 18.3 Å². The van der Waals surface area contributed by atoms with Gasteiger partial charge >= 0.3 is 6.18 Å². The molecule has 0 saturated heterocycles. The average Bonchev–Trinajstić information content (AvgIpc) is 3.05. The Morgan fingerprint density at radius 3 is 2.19 bits per heavy atom. The van der Waals surface area contributed by atoms with Crippen molar-refractivity contribution in [1.29, 1.82) is 0 Å². The summed E-state index contributed by atoms with van der Waals surface area (Å²) in [6, 6.07) is 19.3. The Morgan fingerprint density at radius 2 is 1.58 bits per heavy atom. The van der Waals surface area contributed by atoms with Crippen LogP contribution in [-0.2, 0) is 6.54 Å². The fourth-order valence-electron chi connectivity index (χ4n) is 2.76. The molecule has 1 heterocycles. The molecule has 2 aromatic carbocycles. The molecule has 0 unspecified atom stereocenters. The molecule has 26 heavy (non-hydrogen) atoms. The van der Waals surface area contributed by atoms with Gasteiger partial charge in [-0.05, 0) is 19.2 Å². The number of benzene rings is 2. The van der Waals surface area contributed by atoms with E-state index in [1.165, 1.54) is 0 Å². The molecule has 0 aliphatic rings. The van der Waals surface area contributed by atoms with Crippen LogP contribution in [0, 0.1) is 0 Å². The summed E-state index contributed by atoms with van der Waals surface area (Å²) in [5.74, 6) is 0. The zero-order valence-electron chi connectivity index (χ0n) is 14.4. The van der Waals surface area contributed by atoms with Crippen molar-refractivity contribution in [2.75, 3.05) is 13.6 Å². The predicted octanol–water partition coefficient (Wildman–Crippen LogP) is 4.92. The first-order chi connectivity index (χ1) is 12.4. The Hall–Kier alpha value is -2.60. The van der Waals surface area contributed by atoms with E-state index < -0.39 is 12.6 Å². The Kier molecular flexibility index (Phi) is 5.42. The van der Waals surface area contributed by atoms with Crippen molar-refractivity contribution in [2.24, 2.45) is 0 Å². The van der Waals surface area contributed by atoms with Gasteiger partial charge < -0.3 is 4.90 Å². The molecule has 0 aliphatic heterocycles. The molecule has 3 aromatic rings. The molecule has 0 aliphatic carbocycles. The summed E-state index contributed by atoms with van der Waals surface area (Å²) in [7, 11) is 1.69. The Morgan fingerprint density at radius 1 is 0.962 bits per heavy atom. The lowest BCUT2D eigenvalue weighted by atomic mass is 10.1. The minimum atomic E-state index is -4.15. The molecule has 0 fully saturated rings. The largest absolute Gasteiger partial charge is 0.390 e. The molecule has 0 spiro atoms. The Labute approximate surface area is 150 Å². The van der Waals surface area contributed by atoms with Gasteiger partial charge in [-0.25, -0.2) is 4.68 Å². The number of rotatable bonds is 6. The van der Waals surface area contributed by atoms with E-state index in [4.69, 9.17) is 0 Å². The van der Waals surface area contributed by atoms with Gasteiger partial charge in [0.25, 0.3) is 0 Å². The van der Waals surface area contributed by atoms with E-state index in [-0.39, 0.29) is 6.54 Å². The summed E-state index contributed by atoms with van der Waals surface area (Å²) >= 11 is 0. The van der Waals surface area contributed by atoms with E-state index in [1.807, 2.05) is 66.9 Å². The van der Waals surface area contributed by atoms with E-state index in [9.17, 15) is 13.2 Å². The highest BCUT2D eigenvalue weighted by Gasteiger charge is 2.27. The van der Waals surface area contributed by atoms with Crippen LogP contribution >= 0.6 is 0 Å². The second kappa shape index (κ2) is 7.74. The van der Waals surface area contributed by atoms with Crippen LogP contribution in [0.15, 0.2) is 66.9 Å². The molecule has 0 amide bonds. The number of alkyl halides is 3. The average molecular weight is 359 g/mol. The highest BCUT2D eigenvalue weighted by Crippen LogP contribution is 2.25. The molecule has 0 saturated carbocycles. The predicted molar refractivity (Wildman–Crippen MR) is 96.0 cm³/mol. The molecular formula is C20H20F3N3. The number of nitrogens with zero attached hydrogens (tertiary/aromatic N) is 3. The van der Waals surface area contributed by atoms with Crippen LogP contribution in [0.1, 0.15) is 12.0 Å². The van der Waals surface area contributed by atoms with E-state index >= 15 is 0 Å². The topological polar surface area (TPSA) is 21.1 Å². The molecule has 3 nitrogen and oxygen atoms in total. The van der Waals surface area contributed by atoms with Crippen LogP contribution in [0.3, 0.4) is 0 Å². The summed E-state index contributed by atoms with van der Waals surface area (Å²) in [4.78, 5) is 1.67. The normalized spacial score (nSPS) is 11.9. The number of hydrogen-bond acceptors (Lipinski definition) is 2. The SMILES string of the molecule is CN(CCC(F)(F)F)Cc1cn(-c2ccccc2)nc1-c1ccccc1. The van der Waals surface area contributed by atoms with Gasteiger partial charge in [-0.3, -0.25) is 0 Å². The van der Waals surface area contributed by atoms with Gasteiger partial charge in [-0.1, -0.05) is 48.5 Å². The first-order valence-corrected chi connectivity index (χ1v) is 8.37. The fraction of sp³-hybridized carbons (Fsp3) is 0.250. The molecular weight excluding hydrogens is 339 g/mol. The first kappa shape index (κ1) is 18.2. The highest BCUT2D eigenvalue weighted by atomic mass is 19.4. The van der Waals surface area contributed by atoms with Crippen molar-refractivity contribution in [3.63, 3.8) is 0 Å². The smallest absolute Gasteiger partial charge is 0.302 e. The van der Waals surface area contributed by atoms with Gasteiger partial charge in [0.15, 0.2) is 0 Å². The Bertz CT molecular complexity index is 827. The maximum atomic E-state index is 12.5. The third kappa shape index (κ3) is 4.73. The molecule has 1 aromatic heterocycles. The number of para-hydroxylation sites is 1. The van der Waals surface area contributed by atoms with E-state index in [1.54, 1.807) is 16.6 Å². The summed E-state index contributed by atoms with van der Waals surface area (Å²) in [5, 5.41) is 4.68. The van der Waals surface area contributed by atoms with Gasteiger partial charge in [0.2, 0.25) is 0 Å². The van der Waals surface area contributed by atoms with E-state index in [0.29, 0.717) is 6.54 Å². The van der Waals surface area contributed by atoms with Gasteiger partial charge in [0.05, 0.1) is 17.8 Å². The van der Waals surface area contributed by atoms with Crippen LogP contribution in [0.25, 0.3) is 16.9 Å². The minimum Gasteiger partial charge on any atom is -0.302 e. The lowest BCUT2D eigenvalue weighted by Crippen LogP contribution is -2.24. The van der Waals surface area contributed by atoms with Gasteiger partial charge in [0.1, 0.15) is 0 Å². The zero-order chi connectivity index (χ0) is 18.6. The molecule has 0 bridgehead atoms. The summed E-state index contributed by atoms with van der Waals surface area (Å²) < 4.78 is 39.2. The van der Waals surface area contributed by atoms with Gasteiger partial charge in [0, 0.05) is 30.4 Å². The summed E-state index contributed by atoms with van der Waals surface area (Å²) in [5.41, 5.74) is 3.54. The van der Waals surface area contributed by atoms with Crippen LogP contribution < -0.4 is 0 Å². The first-order valence-electron chi connectivity index (χ1n) is 8.37. The third-order valence-corrected chi connectivity index (χ3v) is 4.08. The van der Waals surface area contributed by atoms with Crippen LogP contribution in [0.5, 0.6) is 0 Å². The fourth-order valence-corrected chi connectivity index (χ4v) is 2.76. The molecule has 3 rings (SSSR count). The van der Waals surface area contributed by atoms with Crippen LogP contribution in [0.4, 0.5) is 13.2 Å². The van der Waals surface area contributed by atoms with Crippen molar-refractivity contribution in [3.8, 4) is 16.9 Å². The lowest BCUT2D eigenvalue weighted by Gasteiger charge is -2.17. The maximum absolute atomic E-state index is 12.5. The van der Waals surface area contributed by atoms with Crippen LogP contribution in [-0.4, -0.2) is 34.4 Å². The second-order valence-electron chi connectivity index (χ2n) is 6.25. The molecule has 0 radical (unpaired) electrons. The second-order valence-corrected chi connectivity index (χ2v) is 6.25. The molecule has 0 N–H and O–H groups in total. The van der Waals surface area contributed by atoms with Crippen LogP contribution in [0.2, 0.25) is 0 Å². The van der Waals surface area contributed by atoms with Crippen molar-refractivity contribution in [2.45, 2.75) is 19.1 Å². The Balaban J connectivity index is 1.88. The van der Waals surface area contributed by atoms with Crippen molar-refractivity contribution < 1.29 is 13.2 Å². The third-order valence-electron chi connectivity index (χ3n) is 4.08. The molecule has 136 valence electrons. The maximum Gasteiger partial charge on any atom is 0.390 e. The van der Waals surface area contributed by atoms with Gasteiger partial charge in [-0.15, -0.1) is 0 Å². The van der Waals surface area contributed by atoms with Crippen molar-refractivity contribution in [3.05, 3.63) is 72.4 Å². The lowest BCUT2D eigenvalue weighted by molar-refractivity contribution is -0.137. The number of hydrogen-bond donors (Lipinski definition) is 0. The standard InChI is InChI=1S/C20H20F3N3/c1-25(13-12-20(21,22)23)14-17-15-26(18-10-6-3-7-11-18)24-19(17)16-8-4-2-5-9-16/h2-11,15H,12-14H2,1H3. The molecule has 0 atom stereocenters. The molecule has 6 heteroatoms. The zero-order valence-corrected chi connectivity index (χ0v) is 14.4. The van der Waals surface area contributed by atoms with E-state index in [0.717, 1.165) is 22.5 Å². The quantitative estimate of drug-likeness (QED) is 0.623. The van der Waals surface area contributed by atoms with E-state index in [2.05, 4.69) is 5.10 Å². The highest BCUT2D eigenvalue weighted by molar-refractivity contribution is 5.63. The van der Waals surface area contributed by atoms with Crippen molar-refractivity contribution >= 4 is 0 Å². The minimum absolute atomic E-state index is 0.0474. The number of halogens is 3. The number of aromatic nitrogens is 2. The monoisotopic (exact) mass is 359 g/mol. The summed E-state index contributed by atoms with van der Waals surface area (Å²) in [6.45, 7) is 0.349. The van der Waals surface area contributed by atoms with Crippen molar-refractivity contribution in [1.82, 2.24) is 14.7 Å². The summed E-state index contributed by atoms with van der Waals surface area (Å²) in [6.07, 6.45) is -3.08.